The second kappa shape index (κ2) is 15.3. The molecule has 0 radical (unpaired) electrons. The van der Waals surface area contributed by atoms with Crippen molar-refractivity contribution in [1.82, 2.24) is 14.7 Å². The van der Waals surface area contributed by atoms with Gasteiger partial charge in [-0.25, -0.2) is 0 Å². The van der Waals surface area contributed by atoms with E-state index in [9.17, 15) is 19.5 Å². The topological polar surface area (TPSA) is 103 Å². The van der Waals surface area contributed by atoms with Crippen molar-refractivity contribution in [3.05, 3.63) is 55.6 Å². The van der Waals surface area contributed by atoms with Gasteiger partial charge in [0.15, 0.2) is 0 Å². The van der Waals surface area contributed by atoms with Crippen molar-refractivity contribution in [3.8, 4) is 0 Å². The number of alkyl halides is 1. The van der Waals surface area contributed by atoms with Crippen LogP contribution in [-0.4, -0.2) is 126 Å². The minimum atomic E-state index is -1.12. The monoisotopic (exact) mass is 686 g/mol. The number of nitrogens with zero attached hydrogens (tertiary/aromatic N) is 4. The van der Waals surface area contributed by atoms with Crippen LogP contribution in [0, 0.1) is 11.8 Å². The first-order valence-electron chi connectivity index (χ1n) is 16.3. The largest absolute Gasteiger partial charge is 0.396 e. The van der Waals surface area contributed by atoms with E-state index in [1.807, 2.05) is 30.3 Å². The highest BCUT2D eigenvalue weighted by Gasteiger charge is 2.76. The van der Waals surface area contributed by atoms with Crippen LogP contribution in [0.4, 0.5) is 5.69 Å². The van der Waals surface area contributed by atoms with E-state index in [0.717, 1.165) is 31.6 Å². The lowest BCUT2D eigenvalue weighted by atomic mass is 9.70. The number of amides is 3. The van der Waals surface area contributed by atoms with E-state index < -0.39 is 29.6 Å². The Hall–Kier alpha value is -2.57. The van der Waals surface area contributed by atoms with Crippen LogP contribution >= 0.6 is 15.9 Å². The van der Waals surface area contributed by atoms with E-state index in [1.54, 1.807) is 26.9 Å². The van der Waals surface area contributed by atoms with Gasteiger partial charge in [0.05, 0.1) is 31.2 Å². The number of unbranched alkanes of at least 4 members (excludes halogenated alkanes) is 3. The van der Waals surface area contributed by atoms with Crippen LogP contribution in [0.5, 0.6) is 0 Å². The molecule has 4 aliphatic heterocycles. The van der Waals surface area contributed by atoms with Crippen LogP contribution in [0.1, 0.15) is 32.1 Å². The summed E-state index contributed by atoms with van der Waals surface area (Å²) in [5.74, 6) is -2.05. The molecule has 45 heavy (non-hydrogen) atoms. The predicted octanol–water partition coefficient (Wildman–Crippen LogP) is 2.85. The summed E-state index contributed by atoms with van der Waals surface area (Å²) in [4.78, 5) is 50.9. The molecule has 0 aromatic heterocycles. The quantitative estimate of drug-likeness (QED) is 0.162. The number of fused-ring (bicyclic) bond motifs is 1. The van der Waals surface area contributed by atoms with E-state index in [1.165, 1.54) is 0 Å². The Balaban J connectivity index is 1.46. The number of likely N-dealkylation sites (tertiary alicyclic amines) is 1. The summed E-state index contributed by atoms with van der Waals surface area (Å²) in [7, 11) is 0. The average molecular weight is 688 g/mol. The highest BCUT2D eigenvalue weighted by atomic mass is 79.9. The predicted molar refractivity (Wildman–Crippen MR) is 176 cm³/mol. The number of para-hydroxylation sites is 1. The number of hydrogen-bond donors (Lipinski definition) is 1. The minimum absolute atomic E-state index is 0.128. The van der Waals surface area contributed by atoms with Gasteiger partial charge in [0.2, 0.25) is 17.7 Å². The number of aliphatic hydroxyl groups is 1. The molecule has 0 saturated carbocycles. The molecule has 1 spiro atoms. The van der Waals surface area contributed by atoms with Gasteiger partial charge in [0.25, 0.3) is 0 Å². The Morgan fingerprint density at radius 1 is 1.02 bits per heavy atom. The lowest BCUT2D eigenvalue weighted by Crippen LogP contribution is -2.58. The number of rotatable bonds is 16. The molecule has 3 unspecified atom stereocenters. The Labute approximate surface area is 275 Å². The molecule has 1 aromatic carbocycles. The summed E-state index contributed by atoms with van der Waals surface area (Å²) in [6, 6.07) is 8.56. The lowest BCUT2D eigenvalue weighted by molar-refractivity contribution is -0.148. The molecule has 3 amide bonds. The molecule has 4 heterocycles. The van der Waals surface area contributed by atoms with Gasteiger partial charge in [-0.1, -0.05) is 59.1 Å². The number of morpholine rings is 1. The second-order valence-electron chi connectivity index (χ2n) is 12.4. The lowest BCUT2D eigenvalue weighted by Gasteiger charge is -2.38. The molecule has 246 valence electrons. The summed E-state index contributed by atoms with van der Waals surface area (Å²) in [5.41, 5.74) is -0.391. The number of benzene rings is 1. The van der Waals surface area contributed by atoms with Gasteiger partial charge in [-0.05, 0) is 31.4 Å². The van der Waals surface area contributed by atoms with Crippen molar-refractivity contribution in [1.29, 1.82) is 0 Å². The summed E-state index contributed by atoms with van der Waals surface area (Å²) < 4.78 is 12.3. The standard InChI is InChI=1S/C34H47BrN4O6/c1-3-14-37(18-17-36-19-22-44-23-20-36)33(43)30-34-24-26(35)29(45-34)27(28(34)32(42)39(30)16-10-5-6-11-21-40)31(41)38(15-4-2)25-12-8-7-9-13-25/h3-4,7-9,12-13,26-30,40H,1-2,5-6,10-11,14-24H2/t26?,27-,28+,29-,30?,34?/m1/s1. The molecule has 6 atom stereocenters. The molecule has 4 saturated heterocycles. The van der Waals surface area contributed by atoms with Gasteiger partial charge in [-0.2, -0.15) is 0 Å². The van der Waals surface area contributed by atoms with Crippen LogP contribution < -0.4 is 4.90 Å². The molecule has 1 aromatic rings. The van der Waals surface area contributed by atoms with E-state index in [2.05, 4.69) is 34.0 Å². The minimum Gasteiger partial charge on any atom is -0.396 e. The number of carbonyl (C=O) groups excluding carboxylic acids is 3. The van der Waals surface area contributed by atoms with Crippen LogP contribution in [0.15, 0.2) is 55.6 Å². The molecule has 4 fully saturated rings. The number of halogens is 1. The van der Waals surface area contributed by atoms with E-state index >= 15 is 0 Å². The van der Waals surface area contributed by atoms with Crippen molar-refractivity contribution < 1.29 is 29.0 Å². The van der Waals surface area contributed by atoms with E-state index in [0.29, 0.717) is 65.2 Å². The Morgan fingerprint density at radius 3 is 2.42 bits per heavy atom. The normalized spacial score (nSPS) is 29.1. The van der Waals surface area contributed by atoms with Crippen molar-refractivity contribution >= 4 is 39.3 Å². The molecule has 4 aliphatic rings. The molecule has 1 N–H and O–H groups in total. The number of aliphatic hydroxyl groups excluding tert-OH is 1. The Kier molecular flexibility index (Phi) is 11.5. The van der Waals surface area contributed by atoms with Gasteiger partial charge in [0.1, 0.15) is 11.6 Å². The van der Waals surface area contributed by atoms with Crippen LogP contribution in [-0.2, 0) is 23.9 Å². The number of anilines is 1. The molecule has 2 bridgehead atoms. The molecule has 0 aliphatic carbocycles. The van der Waals surface area contributed by atoms with Crippen molar-refractivity contribution in [2.45, 2.75) is 54.7 Å². The molecular weight excluding hydrogens is 640 g/mol. The fourth-order valence-electron chi connectivity index (χ4n) is 7.63. The number of carbonyl (C=O) groups is 3. The average Bonchev–Trinajstić information content (AvgIpc) is 3.65. The molecule has 5 rings (SSSR count). The SMILES string of the molecule is C=CCN(CCN1CCOCC1)C(=O)C1N(CCCCCCO)C(=O)[C@@H]2[C@@H](C(=O)N(CC=C)c3ccccc3)[C@@H]3OC12CC3Br. The molecule has 11 heteroatoms. The molecular formula is C34H47BrN4O6. The maximum absolute atomic E-state index is 14.7. The van der Waals surface area contributed by atoms with E-state index in [4.69, 9.17) is 9.47 Å². The fraction of sp³-hybridized carbons (Fsp3) is 0.618. The Morgan fingerprint density at radius 2 is 1.73 bits per heavy atom. The second-order valence-corrected chi connectivity index (χ2v) is 13.6. The zero-order chi connectivity index (χ0) is 32.0. The number of hydrogen-bond acceptors (Lipinski definition) is 7. The third-order valence-corrected chi connectivity index (χ3v) is 10.6. The fourth-order valence-corrected chi connectivity index (χ4v) is 8.57. The first kappa shape index (κ1) is 33.8. The first-order chi connectivity index (χ1) is 21.9. The smallest absolute Gasteiger partial charge is 0.248 e. The van der Waals surface area contributed by atoms with E-state index in [-0.39, 0.29) is 29.2 Å². The summed E-state index contributed by atoms with van der Waals surface area (Å²) >= 11 is 3.80. The van der Waals surface area contributed by atoms with Crippen molar-refractivity contribution in [2.24, 2.45) is 11.8 Å². The zero-order valence-corrected chi connectivity index (χ0v) is 27.7. The summed E-state index contributed by atoms with van der Waals surface area (Å²) in [6.45, 7) is 13.1. The van der Waals surface area contributed by atoms with Crippen LogP contribution in [0.2, 0.25) is 0 Å². The van der Waals surface area contributed by atoms with Crippen LogP contribution in [0.25, 0.3) is 0 Å². The van der Waals surface area contributed by atoms with Gasteiger partial charge in [-0.3, -0.25) is 19.3 Å². The summed E-state index contributed by atoms with van der Waals surface area (Å²) in [5, 5.41) is 9.24. The third kappa shape index (κ3) is 6.79. The zero-order valence-electron chi connectivity index (χ0n) is 26.1. The van der Waals surface area contributed by atoms with Crippen LogP contribution in [0.3, 0.4) is 0 Å². The maximum atomic E-state index is 14.7. The first-order valence-corrected chi connectivity index (χ1v) is 17.2. The Bertz CT molecular complexity index is 1210. The van der Waals surface area contributed by atoms with Crippen molar-refractivity contribution in [3.63, 3.8) is 0 Å². The highest BCUT2D eigenvalue weighted by molar-refractivity contribution is 9.09. The molecule has 10 nitrogen and oxygen atoms in total. The summed E-state index contributed by atoms with van der Waals surface area (Å²) in [6.07, 6.45) is 6.39. The number of ether oxygens (including phenoxy) is 2. The maximum Gasteiger partial charge on any atom is 0.248 e. The third-order valence-electron chi connectivity index (χ3n) is 9.71. The van der Waals surface area contributed by atoms with Gasteiger partial charge < -0.3 is 29.3 Å². The highest BCUT2D eigenvalue weighted by Crippen LogP contribution is 2.60. The van der Waals surface area contributed by atoms with Gasteiger partial charge in [-0.15, -0.1) is 13.2 Å². The van der Waals surface area contributed by atoms with Gasteiger partial charge >= 0.3 is 0 Å². The van der Waals surface area contributed by atoms with Gasteiger partial charge in [0, 0.05) is 62.9 Å². The van der Waals surface area contributed by atoms with Crippen molar-refractivity contribution in [2.75, 3.05) is 70.5 Å².